The molecule has 0 radical (unpaired) electrons. The Hall–Kier alpha value is -2.33. The largest absolute Gasteiger partial charge is 0.444 e. The zero-order valence-corrected chi connectivity index (χ0v) is 19.0. The molecule has 6 rings (SSSR count). The Morgan fingerprint density at radius 1 is 1.27 bits per heavy atom. The molecule has 3 aliphatic heterocycles. The van der Waals surface area contributed by atoms with E-state index in [1.807, 2.05) is 47.9 Å². The maximum absolute atomic E-state index is 12.5. The highest BCUT2D eigenvalue weighted by Gasteiger charge is 2.49. The summed E-state index contributed by atoms with van der Waals surface area (Å²) in [5.41, 5.74) is 1.30. The Labute approximate surface area is 183 Å². The molecule has 0 aromatic carbocycles. The first-order valence-electron chi connectivity index (χ1n) is 9.94. The van der Waals surface area contributed by atoms with Crippen molar-refractivity contribution in [1.29, 1.82) is 0 Å². The third kappa shape index (κ3) is 3.31. The Balaban J connectivity index is 1.42. The summed E-state index contributed by atoms with van der Waals surface area (Å²) in [4.78, 5) is 27.0. The Morgan fingerprint density at radius 2 is 2.03 bits per heavy atom. The number of hydrogen-bond donors (Lipinski definition) is 0. The molecule has 3 aromatic rings. The van der Waals surface area contributed by atoms with Crippen LogP contribution in [0.25, 0.3) is 16.3 Å². The topological polar surface area (TPSA) is 75.9 Å². The van der Waals surface area contributed by atoms with E-state index < -0.39 is 5.60 Å². The smallest absolute Gasteiger partial charge is 0.410 e. The summed E-state index contributed by atoms with van der Waals surface area (Å²) in [5, 5.41) is 7.72. The van der Waals surface area contributed by atoms with Gasteiger partial charge in [-0.05, 0) is 45.6 Å². The lowest BCUT2D eigenvalue weighted by molar-refractivity contribution is -0.0381. The number of carbonyl (C=O) groups is 1. The first-order valence-corrected chi connectivity index (χ1v) is 12.0. The van der Waals surface area contributed by atoms with Gasteiger partial charge < -0.3 is 9.64 Å². The van der Waals surface area contributed by atoms with Gasteiger partial charge >= 0.3 is 6.09 Å². The molecule has 0 spiro atoms. The Kier molecular flexibility index (Phi) is 4.66. The van der Waals surface area contributed by atoms with Crippen molar-refractivity contribution in [2.24, 2.45) is 0 Å². The van der Waals surface area contributed by atoms with Crippen molar-refractivity contribution in [1.82, 2.24) is 24.5 Å². The van der Waals surface area contributed by atoms with Gasteiger partial charge in [0.1, 0.15) is 16.3 Å². The summed E-state index contributed by atoms with van der Waals surface area (Å²) in [6, 6.07) is 4.41. The number of pyridine rings is 1. The van der Waals surface area contributed by atoms with Gasteiger partial charge in [-0.1, -0.05) is 0 Å². The maximum Gasteiger partial charge on any atom is 0.410 e. The van der Waals surface area contributed by atoms with Crippen LogP contribution in [0.5, 0.6) is 0 Å². The molecule has 6 heterocycles. The lowest BCUT2D eigenvalue weighted by Gasteiger charge is -2.55. The highest BCUT2D eigenvalue weighted by molar-refractivity contribution is 7.98. The average molecular weight is 445 g/mol. The standard InChI is InChI=1S/C20H24N6O2S2/c1-20(2,3)28-19(27)25-12-9-13(25)11-24(10-12)18-22-16-15(29-4)6-5-14(26(16)23-18)17-21-7-8-30-17/h5-8,12-13H,9-11H2,1-4H3. The van der Waals surface area contributed by atoms with E-state index in [0.29, 0.717) is 19.0 Å². The fourth-order valence-corrected chi connectivity index (χ4v) is 5.29. The predicted octanol–water partition coefficient (Wildman–Crippen LogP) is 3.77. The van der Waals surface area contributed by atoms with Gasteiger partial charge in [0.2, 0.25) is 5.95 Å². The van der Waals surface area contributed by atoms with Crippen LogP contribution in [0, 0.1) is 0 Å². The number of anilines is 1. The van der Waals surface area contributed by atoms with Crippen molar-refractivity contribution < 1.29 is 9.53 Å². The molecule has 0 saturated carbocycles. The quantitative estimate of drug-likeness (QED) is 0.569. The lowest BCUT2D eigenvalue weighted by Crippen LogP contribution is -2.70. The van der Waals surface area contributed by atoms with Gasteiger partial charge in [0.05, 0.1) is 17.0 Å². The number of thioether (sulfide) groups is 1. The van der Waals surface area contributed by atoms with Crippen molar-refractivity contribution in [2.75, 3.05) is 24.2 Å². The summed E-state index contributed by atoms with van der Waals surface area (Å²) in [5.74, 6) is 0.702. The second-order valence-corrected chi connectivity index (χ2v) is 10.4. The molecule has 2 unspecified atom stereocenters. The third-order valence-corrected chi connectivity index (χ3v) is 6.94. The van der Waals surface area contributed by atoms with Crippen LogP contribution in [-0.4, -0.2) is 67.6 Å². The minimum Gasteiger partial charge on any atom is -0.444 e. The molecule has 3 aliphatic rings. The van der Waals surface area contributed by atoms with Gasteiger partial charge in [0, 0.05) is 24.7 Å². The third-order valence-electron chi connectivity index (χ3n) is 5.39. The molecule has 8 nitrogen and oxygen atoms in total. The Morgan fingerprint density at radius 3 is 2.67 bits per heavy atom. The van der Waals surface area contributed by atoms with Gasteiger partial charge in [-0.25, -0.2) is 14.3 Å². The molecule has 2 atom stereocenters. The molecule has 1 amide bonds. The molecular formula is C20H24N6O2S2. The van der Waals surface area contributed by atoms with Crippen LogP contribution in [-0.2, 0) is 4.74 Å². The average Bonchev–Trinajstić information content (AvgIpc) is 3.36. The number of hydrogen-bond acceptors (Lipinski definition) is 8. The van der Waals surface area contributed by atoms with E-state index in [4.69, 9.17) is 14.8 Å². The summed E-state index contributed by atoms with van der Waals surface area (Å²) < 4.78 is 7.47. The van der Waals surface area contributed by atoms with Gasteiger partial charge in [-0.3, -0.25) is 4.90 Å². The molecule has 3 aromatic heterocycles. The van der Waals surface area contributed by atoms with E-state index in [-0.39, 0.29) is 18.2 Å². The second kappa shape index (κ2) is 7.12. The molecule has 158 valence electrons. The SMILES string of the molecule is CSc1ccc(-c2nccs2)n2nc(N3CC4CC(C3)N4C(=O)OC(C)(C)C)nc12. The Bertz CT molecular complexity index is 1080. The normalized spacial score (nSPS) is 21.1. The number of rotatable bonds is 3. The van der Waals surface area contributed by atoms with E-state index >= 15 is 0 Å². The van der Waals surface area contributed by atoms with Gasteiger partial charge in [0.15, 0.2) is 5.65 Å². The van der Waals surface area contributed by atoms with E-state index in [1.165, 1.54) is 0 Å². The summed E-state index contributed by atoms with van der Waals surface area (Å²) in [7, 11) is 0. The zero-order valence-electron chi connectivity index (χ0n) is 17.4. The minimum atomic E-state index is -0.482. The van der Waals surface area contributed by atoms with E-state index in [0.717, 1.165) is 27.7 Å². The van der Waals surface area contributed by atoms with Crippen molar-refractivity contribution in [3.8, 4) is 10.7 Å². The monoisotopic (exact) mass is 444 g/mol. The number of ether oxygens (including phenoxy) is 1. The molecular weight excluding hydrogens is 420 g/mol. The summed E-state index contributed by atoms with van der Waals surface area (Å²) in [6.45, 7) is 7.13. The fraction of sp³-hybridized carbons (Fsp3) is 0.500. The van der Waals surface area contributed by atoms with E-state index in [9.17, 15) is 4.79 Å². The fourth-order valence-electron chi connectivity index (χ4n) is 4.12. The van der Waals surface area contributed by atoms with Crippen LogP contribution in [0.2, 0.25) is 0 Å². The molecule has 0 aliphatic carbocycles. The number of aromatic nitrogens is 4. The maximum atomic E-state index is 12.5. The van der Waals surface area contributed by atoms with Crippen LogP contribution >= 0.6 is 23.1 Å². The second-order valence-electron chi connectivity index (χ2n) is 8.61. The summed E-state index contributed by atoms with van der Waals surface area (Å²) >= 11 is 3.24. The molecule has 30 heavy (non-hydrogen) atoms. The van der Waals surface area contributed by atoms with Crippen LogP contribution in [0.3, 0.4) is 0 Å². The molecule has 3 saturated heterocycles. The highest BCUT2D eigenvalue weighted by atomic mass is 32.2. The van der Waals surface area contributed by atoms with Crippen LogP contribution in [0.4, 0.5) is 10.7 Å². The lowest BCUT2D eigenvalue weighted by atomic mass is 9.88. The molecule has 3 fully saturated rings. The van der Waals surface area contributed by atoms with E-state index in [2.05, 4.69) is 16.0 Å². The van der Waals surface area contributed by atoms with E-state index in [1.54, 1.807) is 29.3 Å². The van der Waals surface area contributed by atoms with Crippen molar-refractivity contribution in [2.45, 2.75) is 49.8 Å². The summed E-state index contributed by atoms with van der Waals surface area (Å²) in [6.07, 6.45) is 4.63. The van der Waals surface area contributed by atoms with Gasteiger partial charge in [0.25, 0.3) is 0 Å². The number of piperidine rings is 1. The number of thiazole rings is 1. The number of amides is 1. The first kappa shape index (κ1) is 19.6. The van der Waals surface area contributed by atoms with Crippen LogP contribution < -0.4 is 4.90 Å². The first-order chi connectivity index (χ1) is 14.3. The van der Waals surface area contributed by atoms with Crippen molar-refractivity contribution >= 4 is 40.8 Å². The predicted molar refractivity (Wildman–Crippen MR) is 118 cm³/mol. The minimum absolute atomic E-state index is 0.142. The van der Waals surface area contributed by atoms with Crippen molar-refractivity contribution in [3.63, 3.8) is 0 Å². The highest BCUT2D eigenvalue weighted by Crippen LogP contribution is 2.36. The van der Waals surface area contributed by atoms with Crippen molar-refractivity contribution in [3.05, 3.63) is 23.7 Å². The number of piperazine rings is 1. The number of fused-ring (bicyclic) bond motifs is 3. The number of carbonyl (C=O) groups excluding carboxylic acids is 1. The molecule has 10 heteroatoms. The molecule has 0 N–H and O–H groups in total. The number of nitrogens with zero attached hydrogens (tertiary/aromatic N) is 6. The zero-order chi connectivity index (χ0) is 21.0. The van der Waals surface area contributed by atoms with Gasteiger partial charge in [-0.2, -0.15) is 4.98 Å². The van der Waals surface area contributed by atoms with Crippen LogP contribution in [0.15, 0.2) is 28.6 Å². The molecule has 2 bridgehead atoms. The van der Waals surface area contributed by atoms with Crippen LogP contribution in [0.1, 0.15) is 27.2 Å². The van der Waals surface area contributed by atoms with Gasteiger partial charge in [-0.15, -0.1) is 28.2 Å².